The summed E-state index contributed by atoms with van der Waals surface area (Å²) in [6, 6.07) is 17.8. The molecule has 3 aromatic rings. The van der Waals surface area contributed by atoms with E-state index in [9.17, 15) is 9.59 Å². The Hall–Kier alpha value is -3.61. The molecule has 0 fully saturated rings. The van der Waals surface area contributed by atoms with Crippen molar-refractivity contribution < 1.29 is 9.59 Å². The van der Waals surface area contributed by atoms with Crippen LogP contribution in [0.25, 0.3) is 5.69 Å². The van der Waals surface area contributed by atoms with Crippen LogP contribution in [0.15, 0.2) is 73.1 Å². The van der Waals surface area contributed by atoms with Gasteiger partial charge in [0.2, 0.25) is 5.91 Å². The fourth-order valence-corrected chi connectivity index (χ4v) is 2.65. The van der Waals surface area contributed by atoms with E-state index in [1.807, 2.05) is 54.7 Å². The Balaban J connectivity index is 1.41. The zero-order valence-corrected chi connectivity index (χ0v) is 15.6. The predicted molar refractivity (Wildman–Crippen MR) is 108 cm³/mol. The maximum absolute atomic E-state index is 12.2. The number of benzene rings is 2. The second kappa shape index (κ2) is 9.36. The van der Waals surface area contributed by atoms with Crippen LogP contribution < -0.4 is 16.0 Å². The fraction of sp³-hybridized carbons (Fsp3) is 0.190. The van der Waals surface area contributed by atoms with Gasteiger partial charge >= 0.3 is 6.03 Å². The lowest BCUT2D eigenvalue weighted by atomic mass is 10.2. The quantitative estimate of drug-likeness (QED) is 0.592. The summed E-state index contributed by atoms with van der Waals surface area (Å²) >= 11 is 0. The summed E-state index contributed by atoms with van der Waals surface area (Å²) in [5, 5.41) is 12.5. The first kappa shape index (κ1) is 19.2. The molecule has 3 amide bonds. The minimum atomic E-state index is -0.643. The third-order valence-corrected chi connectivity index (χ3v) is 4.14. The first-order valence-corrected chi connectivity index (χ1v) is 9.11. The van der Waals surface area contributed by atoms with E-state index in [1.165, 1.54) is 0 Å². The van der Waals surface area contributed by atoms with Gasteiger partial charge in [-0.25, -0.2) is 9.48 Å². The van der Waals surface area contributed by atoms with Crippen molar-refractivity contribution in [2.75, 3.05) is 11.9 Å². The van der Waals surface area contributed by atoms with Crippen molar-refractivity contribution in [1.29, 1.82) is 0 Å². The van der Waals surface area contributed by atoms with Crippen LogP contribution in [0.2, 0.25) is 0 Å². The molecule has 3 rings (SSSR count). The average molecular weight is 377 g/mol. The Morgan fingerprint density at radius 1 is 1.04 bits per heavy atom. The number of nitrogens with one attached hydrogen (secondary N) is 3. The second-order valence-electron chi connectivity index (χ2n) is 6.36. The van der Waals surface area contributed by atoms with Gasteiger partial charge in [0.25, 0.3) is 0 Å². The highest BCUT2D eigenvalue weighted by Crippen LogP contribution is 2.08. The molecular weight excluding hydrogens is 354 g/mol. The molecule has 1 atom stereocenters. The van der Waals surface area contributed by atoms with Crippen LogP contribution in [0.1, 0.15) is 12.5 Å². The summed E-state index contributed by atoms with van der Waals surface area (Å²) in [7, 11) is 0. The van der Waals surface area contributed by atoms with Gasteiger partial charge in [0.15, 0.2) is 0 Å². The van der Waals surface area contributed by atoms with Gasteiger partial charge in [0.05, 0.1) is 11.9 Å². The molecule has 0 spiro atoms. The number of hydrogen-bond donors (Lipinski definition) is 3. The van der Waals surface area contributed by atoms with Crippen molar-refractivity contribution in [2.24, 2.45) is 0 Å². The van der Waals surface area contributed by atoms with Crippen molar-refractivity contribution in [2.45, 2.75) is 19.4 Å². The monoisotopic (exact) mass is 377 g/mol. The summed E-state index contributed by atoms with van der Waals surface area (Å²) in [6.45, 7) is 2.11. The van der Waals surface area contributed by atoms with Gasteiger partial charge < -0.3 is 16.0 Å². The number of carbonyl (C=O) groups excluding carboxylic acids is 2. The number of nitrogens with zero attached hydrogens (tertiary/aromatic N) is 2. The van der Waals surface area contributed by atoms with Gasteiger partial charge in [-0.15, -0.1) is 0 Å². The largest absolute Gasteiger partial charge is 0.354 e. The number of hydrogen-bond acceptors (Lipinski definition) is 3. The lowest BCUT2D eigenvalue weighted by molar-refractivity contribution is -0.122. The van der Waals surface area contributed by atoms with Gasteiger partial charge in [-0.05, 0) is 43.2 Å². The van der Waals surface area contributed by atoms with Crippen molar-refractivity contribution in [3.05, 3.63) is 78.6 Å². The van der Waals surface area contributed by atoms with Crippen molar-refractivity contribution in [3.8, 4) is 5.69 Å². The molecule has 0 aliphatic rings. The minimum Gasteiger partial charge on any atom is -0.354 e. The minimum absolute atomic E-state index is 0.237. The Kier molecular flexibility index (Phi) is 6.41. The van der Waals surface area contributed by atoms with Crippen LogP contribution in [-0.2, 0) is 11.2 Å². The first-order chi connectivity index (χ1) is 13.6. The van der Waals surface area contributed by atoms with Crippen LogP contribution in [0.3, 0.4) is 0 Å². The summed E-state index contributed by atoms with van der Waals surface area (Å²) < 4.78 is 1.80. The van der Waals surface area contributed by atoms with Gasteiger partial charge in [-0.3, -0.25) is 4.79 Å². The predicted octanol–water partition coefficient (Wildman–Crippen LogP) is 2.74. The van der Waals surface area contributed by atoms with Crippen LogP contribution >= 0.6 is 0 Å². The van der Waals surface area contributed by atoms with E-state index < -0.39 is 12.1 Å². The highest BCUT2D eigenvalue weighted by molar-refractivity contribution is 5.93. The van der Waals surface area contributed by atoms with E-state index in [1.54, 1.807) is 29.9 Å². The summed E-state index contributed by atoms with van der Waals surface area (Å²) in [4.78, 5) is 24.1. The van der Waals surface area contributed by atoms with E-state index in [0.29, 0.717) is 18.7 Å². The van der Waals surface area contributed by atoms with E-state index in [-0.39, 0.29) is 5.91 Å². The molecular formula is C21H23N5O2. The Labute approximate surface area is 163 Å². The molecule has 0 bridgehead atoms. The number of anilines is 1. The van der Waals surface area contributed by atoms with Crippen molar-refractivity contribution in [3.63, 3.8) is 0 Å². The molecule has 28 heavy (non-hydrogen) atoms. The maximum Gasteiger partial charge on any atom is 0.319 e. The lowest BCUT2D eigenvalue weighted by Crippen LogP contribution is -2.46. The molecule has 0 saturated carbocycles. The van der Waals surface area contributed by atoms with Crippen molar-refractivity contribution in [1.82, 2.24) is 20.4 Å². The molecule has 3 N–H and O–H groups in total. The van der Waals surface area contributed by atoms with E-state index in [0.717, 1.165) is 11.3 Å². The summed E-state index contributed by atoms with van der Waals surface area (Å²) in [6.07, 6.45) is 4.38. The molecule has 7 nitrogen and oxygen atoms in total. The molecule has 0 aliphatic carbocycles. The number of rotatable bonds is 7. The van der Waals surface area contributed by atoms with Gasteiger partial charge in [-0.2, -0.15) is 5.10 Å². The topological polar surface area (TPSA) is 88.1 Å². The molecule has 0 saturated heterocycles. The van der Waals surface area contributed by atoms with Crippen LogP contribution in [-0.4, -0.2) is 34.3 Å². The van der Waals surface area contributed by atoms with Crippen LogP contribution in [0, 0.1) is 0 Å². The van der Waals surface area contributed by atoms with E-state index in [4.69, 9.17) is 0 Å². The zero-order valence-electron chi connectivity index (χ0n) is 15.6. The first-order valence-electron chi connectivity index (χ1n) is 9.11. The molecule has 7 heteroatoms. The third-order valence-electron chi connectivity index (χ3n) is 4.14. The Morgan fingerprint density at radius 2 is 1.71 bits per heavy atom. The number of carbonyl (C=O) groups is 2. The Bertz CT molecular complexity index is 909. The molecule has 0 aliphatic heterocycles. The van der Waals surface area contributed by atoms with Crippen LogP contribution in [0.5, 0.6) is 0 Å². The smallest absolute Gasteiger partial charge is 0.319 e. The fourth-order valence-electron chi connectivity index (χ4n) is 2.65. The lowest BCUT2D eigenvalue weighted by Gasteiger charge is -2.14. The maximum atomic E-state index is 12.2. The Morgan fingerprint density at radius 3 is 2.43 bits per heavy atom. The molecule has 2 aromatic carbocycles. The highest BCUT2D eigenvalue weighted by Gasteiger charge is 2.15. The van der Waals surface area contributed by atoms with Crippen molar-refractivity contribution >= 4 is 17.6 Å². The highest BCUT2D eigenvalue weighted by atomic mass is 16.2. The number of para-hydroxylation sites is 2. The van der Waals surface area contributed by atoms with Gasteiger partial charge in [0.1, 0.15) is 6.04 Å². The van der Waals surface area contributed by atoms with Gasteiger partial charge in [0, 0.05) is 18.4 Å². The molecule has 1 aromatic heterocycles. The molecule has 1 heterocycles. The van der Waals surface area contributed by atoms with Gasteiger partial charge in [-0.1, -0.05) is 36.4 Å². The normalized spacial score (nSPS) is 11.5. The number of aromatic nitrogens is 2. The summed E-state index contributed by atoms with van der Waals surface area (Å²) in [5.74, 6) is -0.237. The molecule has 144 valence electrons. The zero-order chi connectivity index (χ0) is 19.8. The summed E-state index contributed by atoms with van der Waals surface area (Å²) in [5.41, 5.74) is 2.68. The van der Waals surface area contributed by atoms with Crippen LogP contribution in [0.4, 0.5) is 10.5 Å². The standard InChI is InChI=1S/C21H23N5O2/c1-16(24-21(28)25-18-8-4-2-5-9-18)20(27)22-13-12-17-14-23-26(15-17)19-10-6-3-7-11-19/h2-11,14-16H,12-13H2,1H3,(H,22,27)(H2,24,25,28)/t16-/m1/s1. The number of amides is 3. The van der Waals surface area contributed by atoms with E-state index >= 15 is 0 Å². The second-order valence-corrected chi connectivity index (χ2v) is 6.36. The SMILES string of the molecule is C[C@@H](NC(=O)Nc1ccccc1)C(=O)NCCc1cnn(-c2ccccc2)c1. The number of urea groups is 1. The van der Waals surface area contributed by atoms with E-state index in [2.05, 4.69) is 21.0 Å². The third kappa shape index (κ3) is 5.44. The molecule has 0 radical (unpaired) electrons. The average Bonchev–Trinajstić information content (AvgIpc) is 3.18. The molecule has 0 unspecified atom stereocenters.